The Morgan fingerprint density at radius 1 is 1.35 bits per heavy atom. The molecule has 1 fully saturated rings. The van der Waals surface area contributed by atoms with E-state index in [1.54, 1.807) is 0 Å². The summed E-state index contributed by atoms with van der Waals surface area (Å²) in [6, 6.07) is 1.19. The molecule has 2 rings (SSSR count). The first-order valence-corrected chi connectivity index (χ1v) is 10.3. The van der Waals surface area contributed by atoms with Crippen LogP contribution in [-0.2, 0) is 9.47 Å². The predicted molar refractivity (Wildman–Crippen MR) is 73.9 cm³/mol. The van der Waals surface area contributed by atoms with Crippen LogP contribution in [0.4, 0.5) is 0 Å². The molecule has 3 heteroatoms. The molecule has 1 heterocycles. The van der Waals surface area contributed by atoms with Crippen LogP contribution in [0.25, 0.3) is 0 Å². The Kier molecular flexibility index (Phi) is 3.62. The number of allylic oxidation sites excluding steroid dienone is 2. The average Bonchev–Trinajstić information content (AvgIpc) is 2.76. The summed E-state index contributed by atoms with van der Waals surface area (Å²) >= 11 is 0. The Bertz CT molecular complexity index is 333. The third-order valence-electron chi connectivity index (χ3n) is 3.33. The van der Waals surface area contributed by atoms with Crippen molar-refractivity contribution in [1.82, 2.24) is 0 Å². The fourth-order valence-corrected chi connectivity index (χ4v) is 4.45. The average molecular weight is 252 g/mol. The molecule has 0 N–H and O–H groups in total. The lowest BCUT2D eigenvalue weighted by Crippen LogP contribution is -2.30. The van der Waals surface area contributed by atoms with Gasteiger partial charge in [0.25, 0.3) is 0 Å². The molecule has 0 radical (unpaired) electrons. The van der Waals surface area contributed by atoms with Gasteiger partial charge >= 0.3 is 0 Å². The molecule has 1 spiro atoms. The fourth-order valence-electron chi connectivity index (χ4n) is 2.83. The maximum atomic E-state index is 5.82. The minimum atomic E-state index is -1.05. The van der Waals surface area contributed by atoms with Crippen LogP contribution in [0.5, 0.6) is 0 Å². The summed E-state index contributed by atoms with van der Waals surface area (Å²) in [5.41, 5.74) is 2.66. The SMILES string of the molecule is C=C(CC1=CCCC12OCCO2)C[Si](C)(C)C. The quantitative estimate of drug-likeness (QED) is 0.560. The highest BCUT2D eigenvalue weighted by molar-refractivity contribution is 6.76. The Morgan fingerprint density at radius 2 is 2.00 bits per heavy atom. The van der Waals surface area contributed by atoms with Gasteiger partial charge in [-0.15, -0.1) is 0 Å². The third-order valence-corrected chi connectivity index (χ3v) is 4.89. The predicted octanol–water partition coefficient (Wildman–Crippen LogP) is 3.73. The second-order valence-corrected chi connectivity index (χ2v) is 11.9. The van der Waals surface area contributed by atoms with Gasteiger partial charge in [-0.3, -0.25) is 0 Å². The van der Waals surface area contributed by atoms with Crippen LogP contribution in [0, 0.1) is 0 Å². The molecule has 0 bridgehead atoms. The van der Waals surface area contributed by atoms with E-state index in [0.29, 0.717) is 0 Å². The van der Waals surface area contributed by atoms with Gasteiger partial charge in [0.2, 0.25) is 0 Å². The van der Waals surface area contributed by atoms with Gasteiger partial charge in [0.15, 0.2) is 5.79 Å². The second kappa shape index (κ2) is 4.71. The first-order chi connectivity index (χ1) is 7.91. The van der Waals surface area contributed by atoms with Gasteiger partial charge in [0, 0.05) is 14.5 Å². The molecule has 0 unspecified atom stereocenters. The van der Waals surface area contributed by atoms with Crippen molar-refractivity contribution in [3.05, 3.63) is 23.8 Å². The van der Waals surface area contributed by atoms with Crippen molar-refractivity contribution in [3.63, 3.8) is 0 Å². The van der Waals surface area contributed by atoms with Crippen LogP contribution in [0.15, 0.2) is 23.8 Å². The van der Waals surface area contributed by atoms with Crippen LogP contribution >= 0.6 is 0 Å². The summed E-state index contributed by atoms with van der Waals surface area (Å²) < 4.78 is 11.6. The zero-order valence-electron chi connectivity index (χ0n) is 11.3. The molecule has 2 aliphatic rings. The van der Waals surface area contributed by atoms with Crippen molar-refractivity contribution in [2.24, 2.45) is 0 Å². The van der Waals surface area contributed by atoms with E-state index in [-0.39, 0.29) is 5.79 Å². The maximum absolute atomic E-state index is 5.82. The first kappa shape index (κ1) is 13.1. The van der Waals surface area contributed by atoms with E-state index < -0.39 is 8.07 Å². The van der Waals surface area contributed by atoms with Gasteiger partial charge in [-0.05, 0) is 24.5 Å². The minimum Gasteiger partial charge on any atom is -0.344 e. The molecule has 1 aliphatic carbocycles. The van der Waals surface area contributed by atoms with Gasteiger partial charge in [-0.1, -0.05) is 37.9 Å². The summed E-state index contributed by atoms with van der Waals surface area (Å²) in [5, 5.41) is 0. The van der Waals surface area contributed by atoms with E-state index >= 15 is 0 Å². The fraction of sp³-hybridized carbons (Fsp3) is 0.714. The van der Waals surface area contributed by atoms with Crippen molar-refractivity contribution >= 4 is 8.07 Å². The number of hydrogen-bond acceptors (Lipinski definition) is 2. The maximum Gasteiger partial charge on any atom is 0.191 e. The van der Waals surface area contributed by atoms with Gasteiger partial charge < -0.3 is 9.47 Å². The summed E-state index contributed by atoms with van der Waals surface area (Å²) in [7, 11) is -1.05. The topological polar surface area (TPSA) is 18.5 Å². The zero-order chi connectivity index (χ0) is 12.5. The molecule has 96 valence electrons. The van der Waals surface area contributed by atoms with Crippen molar-refractivity contribution in [2.75, 3.05) is 13.2 Å². The lowest BCUT2D eigenvalue weighted by atomic mass is 10.0. The minimum absolute atomic E-state index is 0.373. The Labute approximate surface area is 106 Å². The molecular formula is C14H24O2Si. The molecule has 1 saturated heterocycles. The highest BCUT2D eigenvalue weighted by Gasteiger charge is 2.42. The lowest BCUT2D eigenvalue weighted by Gasteiger charge is -2.27. The van der Waals surface area contributed by atoms with E-state index in [1.165, 1.54) is 17.2 Å². The molecule has 0 amide bonds. The van der Waals surface area contributed by atoms with E-state index in [0.717, 1.165) is 32.5 Å². The number of ether oxygens (including phenoxy) is 2. The molecule has 17 heavy (non-hydrogen) atoms. The standard InChI is InChI=1S/C14H24O2Si/c1-12(11-17(2,3)4)10-13-6-5-7-14(13)15-8-9-16-14/h6H,1,5,7-11H2,2-4H3. The highest BCUT2D eigenvalue weighted by atomic mass is 28.3. The van der Waals surface area contributed by atoms with Crippen LogP contribution in [0.3, 0.4) is 0 Å². The van der Waals surface area contributed by atoms with E-state index in [4.69, 9.17) is 9.47 Å². The van der Waals surface area contributed by atoms with E-state index in [2.05, 4.69) is 32.3 Å². The second-order valence-electron chi connectivity index (χ2n) is 6.38. The van der Waals surface area contributed by atoms with Crippen molar-refractivity contribution in [3.8, 4) is 0 Å². The summed E-state index contributed by atoms with van der Waals surface area (Å²) in [4.78, 5) is 0. The third kappa shape index (κ3) is 3.09. The molecular weight excluding hydrogens is 228 g/mol. The van der Waals surface area contributed by atoms with Crippen LogP contribution in [0.2, 0.25) is 25.7 Å². The zero-order valence-corrected chi connectivity index (χ0v) is 12.3. The summed E-state index contributed by atoms with van der Waals surface area (Å²) in [5.74, 6) is -0.373. The van der Waals surface area contributed by atoms with E-state index in [9.17, 15) is 0 Å². The molecule has 0 aromatic rings. The molecule has 0 aromatic carbocycles. The van der Waals surface area contributed by atoms with Gasteiger partial charge in [-0.25, -0.2) is 0 Å². The van der Waals surface area contributed by atoms with Gasteiger partial charge in [0.05, 0.1) is 13.2 Å². The molecule has 0 atom stereocenters. The smallest absolute Gasteiger partial charge is 0.191 e. The highest BCUT2D eigenvalue weighted by Crippen LogP contribution is 2.41. The Balaban J connectivity index is 1.97. The van der Waals surface area contributed by atoms with Crippen LogP contribution in [-0.4, -0.2) is 27.1 Å². The van der Waals surface area contributed by atoms with Crippen molar-refractivity contribution in [2.45, 2.75) is 50.7 Å². The molecule has 1 aliphatic heterocycles. The summed E-state index contributed by atoms with van der Waals surface area (Å²) in [6.45, 7) is 12.9. The Morgan fingerprint density at radius 3 is 2.59 bits per heavy atom. The molecule has 2 nitrogen and oxygen atoms in total. The lowest BCUT2D eigenvalue weighted by molar-refractivity contribution is -0.124. The van der Waals surface area contributed by atoms with Gasteiger partial charge in [-0.2, -0.15) is 0 Å². The molecule has 0 saturated carbocycles. The summed E-state index contributed by atoms with van der Waals surface area (Å²) in [6.07, 6.45) is 5.32. The van der Waals surface area contributed by atoms with E-state index in [1.807, 2.05) is 0 Å². The number of rotatable bonds is 4. The largest absolute Gasteiger partial charge is 0.344 e. The first-order valence-electron chi connectivity index (χ1n) is 6.55. The van der Waals surface area contributed by atoms with Crippen LogP contribution < -0.4 is 0 Å². The Hall–Kier alpha value is -0.383. The van der Waals surface area contributed by atoms with Gasteiger partial charge in [0.1, 0.15) is 0 Å². The van der Waals surface area contributed by atoms with Crippen molar-refractivity contribution < 1.29 is 9.47 Å². The monoisotopic (exact) mass is 252 g/mol. The molecule has 0 aromatic heterocycles. The van der Waals surface area contributed by atoms with Crippen molar-refractivity contribution in [1.29, 1.82) is 0 Å². The normalized spacial score (nSPS) is 23.1. The van der Waals surface area contributed by atoms with Crippen LogP contribution in [0.1, 0.15) is 19.3 Å². The number of hydrogen-bond donors (Lipinski definition) is 0.